The molecule has 1 aromatic heterocycles. The Balaban J connectivity index is 1.45. The van der Waals surface area contributed by atoms with E-state index in [0.717, 1.165) is 53.2 Å². The summed E-state index contributed by atoms with van der Waals surface area (Å²) in [6.07, 6.45) is 2.96. The number of aryl methyl sites for hydroxylation is 1. The Labute approximate surface area is 253 Å². The third kappa shape index (κ3) is 6.93. The highest BCUT2D eigenvalue weighted by molar-refractivity contribution is 7.90. The van der Waals surface area contributed by atoms with Crippen molar-refractivity contribution in [2.75, 3.05) is 7.11 Å². The summed E-state index contributed by atoms with van der Waals surface area (Å²) in [6.45, 7) is 3.21. The van der Waals surface area contributed by atoms with Crippen molar-refractivity contribution in [2.45, 2.75) is 44.2 Å². The van der Waals surface area contributed by atoms with E-state index in [4.69, 9.17) is 9.72 Å². The fourth-order valence-corrected chi connectivity index (χ4v) is 6.30. The average Bonchev–Trinajstić information content (AvgIpc) is 3.37. The van der Waals surface area contributed by atoms with Gasteiger partial charge in [0.25, 0.3) is 15.9 Å². The van der Waals surface area contributed by atoms with Gasteiger partial charge < -0.3 is 9.30 Å². The van der Waals surface area contributed by atoms with Crippen LogP contribution in [-0.2, 0) is 34.3 Å². The van der Waals surface area contributed by atoms with Gasteiger partial charge in [-0.1, -0.05) is 104 Å². The monoisotopic (exact) mass is 593 g/mol. The molecular formula is C35H35N3O4S. The molecule has 0 fully saturated rings. The van der Waals surface area contributed by atoms with Crippen molar-refractivity contribution in [3.8, 4) is 22.4 Å². The molecule has 0 radical (unpaired) electrons. The Hall–Kier alpha value is -4.53. The highest BCUT2D eigenvalue weighted by Crippen LogP contribution is 2.30. The number of nitrogens with one attached hydrogen (secondary N) is 1. The number of hydrogen-bond donors (Lipinski definition) is 1. The number of sulfonamides is 1. The van der Waals surface area contributed by atoms with Crippen molar-refractivity contribution in [3.63, 3.8) is 0 Å². The van der Waals surface area contributed by atoms with E-state index in [2.05, 4.69) is 28.3 Å². The predicted octanol–water partition coefficient (Wildman–Crippen LogP) is 6.87. The van der Waals surface area contributed by atoms with E-state index in [-0.39, 0.29) is 10.5 Å². The molecule has 0 saturated carbocycles. The van der Waals surface area contributed by atoms with Crippen LogP contribution in [0.2, 0.25) is 0 Å². The van der Waals surface area contributed by atoms with Crippen molar-refractivity contribution in [3.05, 3.63) is 132 Å². The molecule has 43 heavy (non-hydrogen) atoms. The number of imidazole rings is 1. The Morgan fingerprint density at radius 1 is 0.837 bits per heavy atom. The molecule has 0 unspecified atom stereocenters. The molecule has 220 valence electrons. The lowest BCUT2D eigenvalue weighted by atomic mass is 10.0. The maximum absolute atomic E-state index is 13.3. The largest absolute Gasteiger partial charge is 0.378 e. The smallest absolute Gasteiger partial charge is 0.264 e. The predicted molar refractivity (Wildman–Crippen MR) is 169 cm³/mol. The fraction of sp³-hybridized carbons (Fsp3) is 0.200. The van der Waals surface area contributed by atoms with E-state index in [1.165, 1.54) is 6.07 Å². The fourth-order valence-electron chi connectivity index (χ4n) is 5.10. The van der Waals surface area contributed by atoms with Crippen molar-refractivity contribution < 1.29 is 17.9 Å². The molecule has 8 heteroatoms. The summed E-state index contributed by atoms with van der Waals surface area (Å²) >= 11 is 0. The second kappa shape index (κ2) is 13.6. The standard InChI is InChI=1S/C35H35N3O4S/c1-3-4-19-33-36-34(28-13-7-5-8-14-28)31(25-42-2)38(33)24-26-20-22-27(23-21-26)30-17-11-12-18-32(30)43(40,41)37-35(39)29-15-9-6-10-16-29/h5-18,20-23H,3-4,19,24-25H2,1-2H3,(H,37,39). The molecule has 0 atom stereocenters. The summed E-state index contributed by atoms with van der Waals surface area (Å²) in [4.78, 5) is 17.8. The quantitative estimate of drug-likeness (QED) is 0.170. The van der Waals surface area contributed by atoms with Crippen molar-refractivity contribution in [1.29, 1.82) is 0 Å². The molecule has 7 nitrogen and oxygen atoms in total. The molecule has 0 aliphatic rings. The minimum absolute atomic E-state index is 0.0402. The van der Waals surface area contributed by atoms with Gasteiger partial charge in [0.15, 0.2) is 0 Å². The number of hydrogen-bond acceptors (Lipinski definition) is 5. The van der Waals surface area contributed by atoms with Gasteiger partial charge in [0.2, 0.25) is 0 Å². The molecule has 1 N–H and O–H groups in total. The van der Waals surface area contributed by atoms with Gasteiger partial charge in [-0.05, 0) is 35.7 Å². The summed E-state index contributed by atoms with van der Waals surface area (Å²) in [5.41, 5.74) is 5.58. The lowest BCUT2D eigenvalue weighted by molar-refractivity contribution is 0.0981. The van der Waals surface area contributed by atoms with E-state index in [0.29, 0.717) is 18.7 Å². The van der Waals surface area contributed by atoms with Gasteiger partial charge in [0.05, 0.1) is 22.9 Å². The summed E-state index contributed by atoms with van der Waals surface area (Å²) < 4.78 is 36.7. The zero-order chi connectivity index (χ0) is 30.2. The first-order valence-electron chi connectivity index (χ1n) is 14.3. The Bertz CT molecular complexity index is 1780. The molecule has 0 aliphatic heterocycles. The van der Waals surface area contributed by atoms with Crippen LogP contribution < -0.4 is 4.72 Å². The minimum Gasteiger partial charge on any atom is -0.378 e. The Kier molecular flexibility index (Phi) is 9.49. The lowest BCUT2D eigenvalue weighted by Gasteiger charge is -2.14. The number of unbranched alkanes of at least 4 members (excludes halogenated alkanes) is 1. The highest BCUT2D eigenvalue weighted by Gasteiger charge is 2.23. The molecule has 0 saturated heterocycles. The lowest BCUT2D eigenvalue weighted by Crippen LogP contribution is -2.30. The number of rotatable bonds is 12. The summed E-state index contributed by atoms with van der Waals surface area (Å²) in [5.74, 6) is 0.342. The van der Waals surface area contributed by atoms with E-state index >= 15 is 0 Å². The Morgan fingerprint density at radius 2 is 1.49 bits per heavy atom. The molecule has 0 bridgehead atoms. The van der Waals surface area contributed by atoms with Crippen LogP contribution in [0.3, 0.4) is 0 Å². The number of carbonyl (C=O) groups excluding carboxylic acids is 1. The van der Waals surface area contributed by atoms with Crippen molar-refractivity contribution in [2.24, 2.45) is 0 Å². The number of aromatic nitrogens is 2. The Morgan fingerprint density at radius 3 is 2.16 bits per heavy atom. The van der Waals surface area contributed by atoms with Crippen molar-refractivity contribution in [1.82, 2.24) is 14.3 Å². The van der Waals surface area contributed by atoms with Crippen LogP contribution in [0.15, 0.2) is 114 Å². The van der Waals surface area contributed by atoms with Gasteiger partial charge in [0, 0.05) is 36.8 Å². The van der Waals surface area contributed by atoms with Gasteiger partial charge in [0.1, 0.15) is 5.82 Å². The molecule has 0 spiro atoms. The van der Waals surface area contributed by atoms with Gasteiger partial charge in [-0.2, -0.15) is 0 Å². The number of ether oxygens (including phenoxy) is 1. The average molecular weight is 594 g/mol. The number of carbonyl (C=O) groups is 1. The molecular weight excluding hydrogens is 558 g/mol. The van der Waals surface area contributed by atoms with Gasteiger partial charge in [-0.25, -0.2) is 18.1 Å². The van der Waals surface area contributed by atoms with Crippen LogP contribution in [0, 0.1) is 0 Å². The van der Waals surface area contributed by atoms with E-state index < -0.39 is 15.9 Å². The second-order valence-corrected chi connectivity index (χ2v) is 12.0. The number of amides is 1. The number of nitrogens with zero attached hydrogens (tertiary/aromatic N) is 2. The van der Waals surface area contributed by atoms with Crippen LogP contribution in [0.5, 0.6) is 0 Å². The minimum atomic E-state index is -4.12. The first kappa shape index (κ1) is 29.9. The van der Waals surface area contributed by atoms with Crippen LogP contribution in [0.25, 0.3) is 22.4 Å². The summed E-state index contributed by atoms with van der Waals surface area (Å²) in [6, 6.07) is 33.0. The second-order valence-electron chi connectivity index (χ2n) is 10.3. The first-order chi connectivity index (χ1) is 20.9. The van der Waals surface area contributed by atoms with Crippen LogP contribution in [-0.4, -0.2) is 31.0 Å². The maximum Gasteiger partial charge on any atom is 0.264 e. The zero-order valence-electron chi connectivity index (χ0n) is 24.4. The van der Waals surface area contributed by atoms with Crippen LogP contribution in [0.4, 0.5) is 0 Å². The third-order valence-electron chi connectivity index (χ3n) is 7.28. The zero-order valence-corrected chi connectivity index (χ0v) is 25.2. The number of methoxy groups -OCH3 is 1. The molecule has 5 rings (SSSR count). The topological polar surface area (TPSA) is 90.3 Å². The van der Waals surface area contributed by atoms with E-state index in [1.807, 2.05) is 42.5 Å². The highest BCUT2D eigenvalue weighted by atomic mass is 32.2. The SMILES string of the molecule is CCCCc1nc(-c2ccccc2)c(COC)n1Cc1ccc(-c2ccccc2S(=O)(=O)NC(=O)c2ccccc2)cc1. The van der Waals surface area contributed by atoms with Crippen LogP contribution >= 0.6 is 0 Å². The van der Waals surface area contributed by atoms with Crippen molar-refractivity contribution >= 4 is 15.9 Å². The van der Waals surface area contributed by atoms with Gasteiger partial charge >= 0.3 is 0 Å². The molecule has 1 heterocycles. The molecule has 1 amide bonds. The van der Waals surface area contributed by atoms with Gasteiger partial charge in [-0.15, -0.1) is 0 Å². The molecule has 5 aromatic rings. The van der Waals surface area contributed by atoms with Gasteiger partial charge in [-0.3, -0.25) is 4.79 Å². The number of benzene rings is 4. The van der Waals surface area contributed by atoms with E-state index in [1.54, 1.807) is 55.6 Å². The van der Waals surface area contributed by atoms with Crippen LogP contribution in [0.1, 0.15) is 47.2 Å². The normalized spacial score (nSPS) is 11.4. The van der Waals surface area contributed by atoms with E-state index in [9.17, 15) is 13.2 Å². The third-order valence-corrected chi connectivity index (χ3v) is 8.67. The molecule has 4 aromatic carbocycles. The molecule has 0 aliphatic carbocycles. The summed E-state index contributed by atoms with van der Waals surface area (Å²) in [5, 5.41) is 0. The first-order valence-corrected chi connectivity index (χ1v) is 15.8. The summed E-state index contributed by atoms with van der Waals surface area (Å²) in [7, 11) is -2.43. The maximum atomic E-state index is 13.3.